The third-order valence-electron chi connectivity index (χ3n) is 6.32. The van der Waals surface area contributed by atoms with E-state index in [4.69, 9.17) is 4.37 Å². The molecule has 0 radical (unpaired) electrons. The molecule has 2 aromatic carbocycles. The number of aryl methyl sites for hydroxylation is 1. The summed E-state index contributed by atoms with van der Waals surface area (Å²) in [6.45, 7) is 0. The van der Waals surface area contributed by atoms with Gasteiger partial charge in [-0.3, -0.25) is 4.79 Å². The number of nitrogens with zero attached hydrogens (tertiary/aromatic N) is 2. The molecular formula is C25H17N3OS4. The molecule has 0 unspecified atom stereocenters. The Bertz CT molecular complexity index is 1700. The first-order valence-corrected chi connectivity index (χ1v) is 14.1. The number of aromatic amines is 1. The molecule has 0 bridgehead atoms. The normalized spacial score (nSPS) is 13.7. The van der Waals surface area contributed by atoms with Gasteiger partial charge < -0.3 is 4.98 Å². The Morgan fingerprint density at radius 3 is 2.61 bits per heavy atom. The SMILES string of the molecule is O=c1[nH]c2c(-c3sc4cccc(-c5ccsn5)c4c3-c3nsc4c3CCCC4)cccc2s1. The molecule has 4 heterocycles. The van der Waals surface area contributed by atoms with Crippen LogP contribution in [0.5, 0.6) is 0 Å². The van der Waals surface area contributed by atoms with E-state index < -0.39 is 0 Å². The van der Waals surface area contributed by atoms with Gasteiger partial charge in [-0.2, -0.15) is 8.75 Å². The average molecular weight is 504 g/mol. The molecule has 1 aliphatic carbocycles. The van der Waals surface area contributed by atoms with Crippen LogP contribution in [-0.4, -0.2) is 13.7 Å². The average Bonchev–Trinajstić information content (AvgIpc) is 3.62. The number of hydrogen-bond acceptors (Lipinski definition) is 7. The van der Waals surface area contributed by atoms with Crippen LogP contribution < -0.4 is 4.87 Å². The van der Waals surface area contributed by atoms with Gasteiger partial charge in [-0.15, -0.1) is 11.3 Å². The summed E-state index contributed by atoms with van der Waals surface area (Å²) in [5, 5.41) is 3.25. The van der Waals surface area contributed by atoms with Gasteiger partial charge in [-0.1, -0.05) is 35.6 Å². The van der Waals surface area contributed by atoms with E-state index in [1.165, 1.54) is 66.7 Å². The highest BCUT2D eigenvalue weighted by Crippen LogP contribution is 2.51. The molecule has 0 amide bonds. The fraction of sp³-hybridized carbons (Fsp3) is 0.160. The van der Waals surface area contributed by atoms with Gasteiger partial charge in [0.1, 0.15) is 0 Å². The van der Waals surface area contributed by atoms with E-state index in [1.54, 1.807) is 22.9 Å². The Balaban J connectivity index is 1.62. The molecule has 0 saturated carbocycles. The van der Waals surface area contributed by atoms with E-state index in [1.807, 2.05) is 17.5 Å². The maximum absolute atomic E-state index is 12.2. The number of benzene rings is 2. The fourth-order valence-electron chi connectivity index (χ4n) is 4.87. The third-order valence-corrected chi connectivity index (χ3v) is 9.86. The quantitative estimate of drug-likeness (QED) is 0.270. The first-order chi connectivity index (χ1) is 16.3. The van der Waals surface area contributed by atoms with Crippen LogP contribution in [0.15, 0.2) is 52.6 Å². The summed E-state index contributed by atoms with van der Waals surface area (Å²) < 4.78 is 11.9. The van der Waals surface area contributed by atoms with Crippen LogP contribution in [0.3, 0.4) is 0 Å². The lowest BCUT2D eigenvalue weighted by Crippen LogP contribution is -2.00. The molecule has 0 atom stereocenters. The summed E-state index contributed by atoms with van der Waals surface area (Å²) in [7, 11) is 0. The van der Waals surface area contributed by atoms with Crippen molar-refractivity contribution >= 4 is 66.0 Å². The molecule has 1 aliphatic rings. The lowest BCUT2D eigenvalue weighted by atomic mass is 9.91. The number of hydrogen-bond donors (Lipinski definition) is 1. The second-order valence-corrected chi connectivity index (χ2v) is 11.8. The number of nitrogens with one attached hydrogen (secondary N) is 1. The predicted octanol–water partition coefficient (Wildman–Crippen LogP) is 7.60. The molecule has 0 spiro atoms. The first-order valence-electron chi connectivity index (χ1n) is 10.8. The predicted molar refractivity (Wildman–Crippen MR) is 142 cm³/mol. The summed E-state index contributed by atoms with van der Waals surface area (Å²) in [4.78, 5) is 17.9. The zero-order chi connectivity index (χ0) is 21.9. The summed E-state index contributed by atoms with van der Waals surface area (Å²) in [6.07, 6.45) is 4.65. The van der Waals surface area contributed by atoms with Gasteiger partial charge in [0.25, 0.3) is 0 Å². The van der Waals surface area contributed by atoms with Crippen molar-refractivity contribution in [3.8, 4) is 33.0 Å². The highest BCUT2D eigenvalue weighted by Gasteiger charge is 2.27. The van der Waals surface area contributed by atoms with Gasteiger partial charge >= 0.3 is 4.87 Å². The second-order valence-electron chi connectivity index (χ2n) is 8.20. The van der Waals surface area contributed by atoms with Gasteiger partial charge in [0.15, 0.2) is 0 Å². The highest BCUT2D eigenvalue weighted by molar-refractivity contribution is 7.23. The monoisotopic (exact) mass is 503 g/mol. The fourth-order valence-corrected chi connectivity index (χ4v) is 8.37. The molecule has 1 N–H and O–H groups in total. The Kier molecular flexibility index (Phi) is 4.62. The second kappa shape index (κ2) is 7.70. The van der Waals surface area contributed by atoms with Crippen molar-refractivity contribution in [1.82, 2.24) is 13.7 Å². The van der Waals surface area contributed by atoms with Crippen molar-refractivity contribution in [3.05, 3.63) is 68.0 Å². The lowest BCUT2D eigenvalue weighted by molar-refractivity contribution is 0.698. The van der Waals surface area contributed by atoms with Crippen LogP contribution in [0.25, 0.3) is 53.3 Å². The summed E-state index contributed by atoms with van der Waals surface area (Å²) in [5.74, 6) is 0. The number of fused-ring (bicyclic) bond motifs is 3. The molecular weight excluding hydrogens is 487 g/mol. The molecule has 0 fully saturated rings. The van der Waals surface area contributed by atoms with Crippen LogP contribution in [0, 0.1) is 0 Å². The zero-order valence-corrected chi connectivity index (χ0v) is 20.6. The Morgan fingerprint density at radius 2 is 1.73 bits per heavy atom. The van der Waals surface area contributed by atoms with Crippen molar-refractivity contribution in [2.75, 3.05) is 0 Å². The number of thiophene rings is 1. The Labute approximate surface area is 205 Å². The number of H-pyrrole nitrogens is 1. The van der Waals surface area contributed by atoms with Gasteiger partial charge in [0.2, 0.25) is 0 Å². The van der Waals surface area contributed by atoms with Crippen LogP contribution in [0.1, 0.15) is 23.3 Å². The smallest absolute Gasteiger partial charge is 0.305 e. The van der Waals surface area contributed by atoms with Crippen molar-refractivity contribution < 1.29 is 0 Å². The largest absolute Gasteiger partial charge is 0.312 e. The van der Waals surface area contributed by atoms with Crippen LogP contribution in [-0.2, 0) is 12.8 Å². The molecule has 6 aromatic rings. The van der Waals surface area contributed by atoms with Crippen molar-refractivity contribution in [2.24, 2.45) is 0 Å². The lowest BCUT2D eigenvalue weighted by Gasteiger charge is -2.13. The van der Waals surface area contributed by atoms with Crippen molar-refractivity contribution in [1.29, 1.82) is 0 Å². The minimum absolute atomic E-state index is 0.0192. The Hall–Kier alpha value is -2.65. The topological polar surface area (TPSA) is 58.6 Å². The van der Waals surface area contributed by atoms with Gasteiger partial charge in [-0.05, 0) is 72.5 Å². The van der Waals surface area contributed by atoms with E-state index in [9.17, 15) is 4.79 Å². The molecule has 0 aliphatic heterocycles. The molecule has 33 heavy (non-hydrogen) atoms. The number of rotatable bonds is 3. The minimum atomic E-state index is -0.0192. The molecule has 0 saturated heterocycles. The zero-order valence-electron chi connectivity index (χ0n) is 17.4. The number of thiazole rings is 1. The standard InChI is InChI=1S/C25H17N3OS4/c29-25-26-22-15(7-4-10-19(22)32-25)24-21(23-14-5-1-2-8-17(14)33-28-23)20-13(16-11-12-30-27-16)6-3-9-18(20)31-24/h3-4,6-7,9-12H,1-2,5,8H2,(H,26,29). The highest BCUT2D eigenvalue weighted by atomic mass is 32.1. The summed E-state index contributed by atoms with van der Waals surface area (Å²) in [6, 6.07) is 14.8. The first kappa shape index (κ1) is 19.8. The molecule has 4 nitrogen and oxygen atoms in total. The molecule has 4 aromatic heterocycles. The van der Waals surface area contributed by atoms with E-state index >= 15 is 0 Å². The van der Waals surface area contributed by atoms with Gasteiger partial charge in [-0.25, -0.2) is 0 Å². The van der Waals surface area contributed by atoms with E-state index in [0.717, 1.165) is 45.6 Å². The number of para-hydroxylation sites is 1. The van der Waals surface area contributed by atoms with Crippen molar-refractivity contribution in [2.45, 2.75) is 25.7 Å². The van der Waals surface area contributed by atoms with Crippen LogP contribution in [0.4, 0.5) is 0 Å². The van der Waals surface area contributed by atoms with Crippen LogP contribution in [0.2, 0.25) is 0 Å². The molecule has 8 heteroatoms. The van der Waals surface area contributed by atoms with Crippen LogP contribution >= 0.6 is 45.7 Å². The van der Waals surface area contributed by atoms with Gasteiger partial charge in [0.05, 0.1) is 21.6 Å². The third kappa shape index (κ3) is 3.09. The Morgan fingerprint density at radius 1 is 0.879 bits per heavy atom. The summed E-state index contributed by atoms with van der Waals surface area (Å²) >= 11 is 6.19. The van der Waals surface area contributed by atoms with E-state index in [0.29, 0.717) is 0 Å². The van der Waals surface area contributed by atoms with Crippen molar-refractivity contribution in [3.63, 3.8) is 0 Å². The van der Waals surface area contributed by atoms with Gasteiger partial charge in [0, 0.05) is 41.9 Å². The molecule has 7 rings (SSSR count). The molecule has 162 valence electrons. The summed E-state index contributed by atoms with van der Waals surface area (Å²) in [5.41, 5.74) is 7.86. The maximum atomic E-state index is 12.2. The number of aromatic nitrogens is 3. The van der Waals surface area contributed by atoms with E-state index in [-0.39, 0.29) is 4.87 Å². The maximum Gasteiger partial charge on any atom is 0.305 e. The minimum Gasteiger partial charge on any atom is -0.312 e. The van der Waals surface area contributed by atoms with E-state index in [2.05, 4.69) is 39.7 Å².